The van der Waals surface area contributed by atoms with Crippen LogP contribution in [0.2, 0.25) is 0 Å². The molecule has 0 fully saturated rings. The molecule has 0 spiro atoms. The summed E-state index contributed by atoms with van der Waals surface area (Å²) in [6.07, 6.45) is 0.956. The lowest BCUT2D eigenvalue weighted by molar-refractivity contribution is 0.451. The number of hydrogen-bond donors (Lipinski definition) is 1. The monoisotopic (exact) mass is 299 g/mol. The minimum atomic E-state index is 0.787. The summed E-state index contributed by atoms with van der Waals surface area (Å²) in [7, 11) is 0. The van der Waals surface area contributed by atoms with Crippen LogP contribution in [0.15, 0.2) is 32.5 Å². The third kappa shape index (κ3) is 3.20. The second-order valence-electron chi connectivity index (χ2n) is 3.53. The topological polar surface area (TPSA) is 25.2 Å². The Morgan fingerprint density at radius 1 is 1.19 bits per heavy atom. The minimum absolute atomic E-state index is 0.787. The van der Waals surface area contributed by atoms with Crippen molar-refractivity contribution in [3.63, 3.8) is 0 Å². The summed E-state index contributed by atoms with van der Waals surface area (Å²) in [5.74, 6) is 2.06. The Balaban J connectivity index is 1.79. The summed E-state index contributed by atoms with van der Waals surface area (Å²) in [5.41, 5.74) is 0. The molecule has 0 saturated heterocycles. The van der Waals surface area contributed by atoms with E-state index in [1.54, 1.807) is 11.3 Å². The van der Waals surface area contributed by atoms with Crippen LogP contribution in [0.3, 0.4) is 0 Å². The number of rotatable bonds is 5. The van der Waals surface area contributed by atoms with E-state index in [0.717, 1.165) is 31.0 Å². The van der Waals surface area contributed by atoms with Crippen molar-refractivity contribution in [3.8, 4) is 0 Å². The molecule has 0 bridgehead atoms. The summed E-state index contributed by atoms with van der Waals surface area (Å²) in [6.45, 7) is 3.77. The zero-order valence-electron chi connectivity index (χ0n) is 9.13. The highest BCUT2D eigenvalue weighted by atomic mass is 79.9. The van der Waals surface area contributed by atoms with Gasteiger partial charge in [0.05, 0.1) is 10.3 Å². The van der Waals surface area contributed by atoms with Crippen LogP contribution in [0.25, 0.3) is 0 Å². The molecule has 0 atom stereocenters. The summed E-state index contributed by atoms with van der Waals surface area (Å²) in [5, 5.41) is 3.36. The van der Waals surface area contributed by atoms with Crippen molar-refractivity contribution in [1.82, 2.24) is 5.32 Å². The lowest BCUT2D eigenvalue weighted by Crippen LogP contribution is -2.10. The molecule has 2 aromatic rings. The van der Waals surface area contributed by atoms with Crippen LogP contribution in [0.5, 0.6) is 0 Å². The molecule has 0 unspecified atom stereocenters. The highest BCUT2D eigenvalue weighted by Gasteiger charge is 2.01. The second kappa shape index (κ2) is 5.66. The molecule has 0 aliphatic heterocycles. The van der Waals surface area contributed by atoms with Gasteiger partial charge in [0.15, 0.2) is 0 Å². The second-order valence-corrected chi connectivity index (χ2v) is 6.08. The van der Waals surface area contributed by atoms with Gasteiger partial charge in [0.2, 0.25) is 0 Å². The fourth-order valence-electron chi connectivity index (χ4n) is 1.46. The van der Waals surface area contributed by atoms with Gasteiger partial charge in [0.25, 0.3) is 0 Å². The number of thiophene rings is 1. The van der Waals surface area contributed by atoms with E-state index in [1.807, 2.05) is 12.1 Å². The molecule has 0 amide bonds. The van der Waals surface area contributed by atoms with Gasteiger partial charge >= 0.3 is 0 Å². The zero-order valence-corrected chi connectivity index (χ0v) is 11.5. The maximum Gasteiger partial charge on any atom is 0.117 e. The molecule has 2 rings (SSSR count). The average molecular weight is 300 g/mol. The SMILES string of the molecule is CCc1ccc(CNCc2ccc(Br)s2)o1. The zero-order chi connectivity index (χ0) is 11.4. The first-order valence-electron chi connectivity index (χ1n) is 5.30. The molecule has 0 radical (unpaired) electrons. The summed E-state index contributed by atoms with van der Waals surface area (Å²) in [6, 6.07) is 8.28. The molecular formula is C12H14BrNOS. The lowest BCUT2D eigenvalue weighted by Gasteiger charge is -1.99. The van der Waals surface area contributed by atoms with Crippen molar-refractivity contribution in [3.05, 3.63) is 44.4 Å². The largest absolute Gasteiger partial charge is 0.465 e. The third-order valence-corrected chi connectivity index (χ3v) is 3.92. The Morgan fingerprint density at radius 2 is 2.00 bits per heavy atom. The average Bonchev–Trinajstić information content (AvgIpc) is 2.88. The van der Waals surface area contributed by atoms with E-state index in [-0.39, 0.29) is 0 Å². The Kier molecular flexibility index (Phi) is 4.21. The first-order valence-corrected chi connectivity index (χ1v) is 6.91. The Labute approximate surface area is 108 Å². The van der Waals surface area contributed by atoms with Crippen LogP contribution in [-0.4, -0.2) is 0 Å². The van der Waals surface area contributed by atoms with Crippen LogP contribution >= 0.6 is 27.3 Å². The predicted octanol–water partition coefficient (Wildman–Crippen LogP) is 3.96. The Morgan fingerprint density at radius 3 is 2.62 bits per heavy atom. The first-order chi connectivity index (χ1) is 7.78. The van der Waals surface area contributed by atoms with Gasteiger partial charge in [-0.15, -0.1) is 11.3 Å². The highest BCUT2D eigenvalue weighted by Crippen LogP contribution is 2.21. The Bertz CT molecular complexity index is 449. The maximum absolute atomic E-state index is 5.61. The molecule has 0 saturated carbocycles. The standard InChI is InChI=1S/C12H14BrNOS/c1-2-9-3-4-10(15-9)7-14-8-11-5-6-12(13)16-11/h3-6,14H,2,7-8H2,1H3. The fraction of sp³-hybridized carbons (Fsp3) is 0.333. The molecule has 2 aromatic heterocycles. The van der Waals surface area contributed by atoms with Crippen LogP contribution in [-0.2, 0) is 19.5 Å². The molecule has 86 valence electrons. The lowest BCUT2D eigenvalue weighted by atomic mass is 10.3. The van der Waals surface area contributed by atoms with Gasteiger partial charge in [-0.1, -0.05) is 6.92 Å². The molecule has 1 N–H and O–H groups in total. The summed E-state index contributed by atoms with van der Waals surface area (Å²) >= 11 is 5.21. The third-order valence-electron chi connectivity index (χ3n) is 2.29. The predicted molar refractivity (Wildman–Crippen MR) is 70.6 cm³/mol. The quantitative estimate of drug-likeness (QED) is 0.904. The van der Waals surface area contributed by atoms with Gasteiger partial charge in [-0.05, 0) is 40.2 Å². The summed E-state index contributed by atoms with van der Waals surface area (Å²) < 4.78 is 6.78. The molecule has 0 aliphatic rings. The van der Waals surface area contributed by atoms with Crippen molar-refractivity contribution in [2.24, 2.45) is 0 Å². The van der Waals surface area contributed by atoms with Crippen LogP contribution in [0.4, 0.5) is 0 Å². The molecule has 16 heavy (non-hydrogen) atoms. The van der Waals surface area contributed by atoms with Gasteiger partial charge in [-0.25, -0.2) is 0 Å². The van der Waals surface area contributed by atoms with Crippen molar-refractivity contribution in [2.75, 3.05) is 0 Å². The number of halogens is 1. The number of furan rings is 1. The van der Waals surface area contributed by atoms with Crippen LogP contribution in [0, 0.1) is 0 Å². The van der Waals surface area contributed by atoms with Crippen molar-refractivity contribution in [2.45, 2.75) is 26.4 Å². The summed E-state index contributed by atoms with van der Waals surface area (Å²) in [4.78, 5) is 1.33. The normalized spacial score (nSPS) is 10.9. The maximum atomic E-state index is 5.61. The number of aryl methyl sites for hydroxylation is 1. The van der Waals surface area contributed by atoms with E-state index < -0.39 is 0 Å². The number of hydrogen-bond acceptors (Lipinski definition) is 3. The molecular weight excluding hydrogens is 286 g/mol. The molecule has 4 heteroatoms. The molecule has 0 aliphatic carbocycles. The molecule has 2 heterocycles. The van der Waals surface area contributed by atoms with Gasteiger partial charge in [0, 0.05) is 17.8 Å². The molecule has 0 aromatic carbocycles. The van der Waals surface area contributed by atoms with E-state index in [2.05, 4.69) is 40.3 Å². The van der Waals surface area contributed by atoms with Crippen molar-refractivity contribution < 1.29 is 4.42 Å². The highest BCUT2D eigenvalue weighted by molar-refractivity contribution is 9.11. The minimum Gasteiger partial charge on any atom is -0.465 e. The van der Waals surface area contributed by atoms with E-state index in [9.17, 15) is 0 Å². The van der Waals surface area contributed by atoms with E-state index >= 15 is 0 Å². The number of nitrogens with one attached hydrogen (secondary N) is 1. The van der Waals surface area contributed by atoms with Gasteiger partial charge in [-0.2, -0.15) is 0 Å². The molecule has 2 nitrogen and oxygen atoms in total. The van der Waals surface area contributed by atoms with Gasteiger partial charge in [-0.3, -0.25) is 0 Å². The van der Waals surface area contributed by atoms with Crippen molar-refractivity contribution >= 4 is 27.3 Å². The van der Waals surface area contributed by atoms with E-state index in [1.165, 1.54) is 8.66 Å². The van der Waals surface area contributed by atoms with Crippen LogP contribution < -0.4 is 5.32 Å². The fourth-order valence-corrected chi connectivity index (χ4v) is 2.92. The van der Waals surface area contributed by atoms with Gasteiger partial charge < -0.3 is 9.73 Å². The van der Waals surface area contributed by atoms with Gasteiger partial charge in [0.1, 0.15) is 11.5 Å². The van der Waals surface area contributed by atoms with Crippen LogP contribution in [0.1, 0.15) is 23.3 Å². The van der Waals surface area contributed by atoms with Crippen molar-refractivity contribution in [1.29, 1.82) is 0 Å². The Hall–Kier alpha value is -0.580. The van der Waals surface area contributed by atoms with E-state index in [4.69, 9.17) is 4.42 Å². The smallest absolute Gasteiger partial charge is 0.117 e. The first kappa shape index (κ1) is 11.9. The van der Waals surface area contributed by atoms with E-state index in [0.29, 0.717) is 0 Å².